The minimum absolute atomic E-state index is 0.224. The van der Waals surface area contributed by atoms with Crippen LogP contribution in [0.4, 0.5) is 0 Å². The lowest BCUT2D eigenvalue weighted by atomic mass is 10.4. The minimum Gasteiger partial charge on any atom is -0.296 e. The van der Waals surface area contributed by atoms with Crippen molar-refractivity contribution in [3.8, 4) is 0 Å². The summed E-state index contributed by atoms with van der Waals surface area (Å²) in [5.74, 6) is 0. The first-order valence-electron chi connectivity index (χ1n) is 2.58. The summed E-state index contributed by atoms with van der Waals surface area (Å²) in [6, 6.07) is 0.224. The van der Waals surface area contributed by atoms with E-state index in [2.05, 4.69) is 24.8 Å². The van der Waals surface area contributed by atoms with Crippen molar-refractivity contribution in [2.45, 2.75) is 13.0 Å². The van der Waals surface area contributed by atoms with Crippen LogP contribution >= 0.6 is 9.39 Å². The van der Waals surface area contributed by atoms with E-state index < -0.39 is 0 Å². The van der Waals surface area contributed by atoms with Gasteiger partial charge < -0.3 is 0 Å². The number of amides is 1. The molecule has 2 unspecified atom stereocenters. The molecule has 0 radical (unpaired) electrons. The fourth-order valence-corrected chi connectivity index (χ4v) is 0.351. The highest BCUT2D eigenvalue weighted by atomic mass is 31.0. The molecule has 0 aliphatic heterocycles. The van der Waals surface area contributed by atoms with Gasteiger partial charge in [0.05, 0.1) is 6.61 Å². The fraction of sp³-hybridized carbons (Fsp3) is 0.750. The Hall–Kier alpha value is -0.180. The third kappa shape index (κ3) is 5.69. The summed E-state index contributed by atoms with van der Waals surface area (Å²) in [5, 5.41) is 2.86. The normalized spacial score (nSPS) is 12.7. The van der Waals surface area contributed by atoms with Crippen LogP contribution in [0.1, 0.15) is 6.92 Å². The van der Waals surface area contributed by atoms with Crippen LogP contribution in [0.2, 0.25) is 0 Å². The fourth-order valence-electron chi connectivity index (χ4n) is 0.255. The van der Waals surface area contributed by atoms with E-state index in [1.165, 1.54) is 0 Å². The van der Waals surface area contributed by atoms with E-state index in [0.29, 0.717) is 13.0 Å². The van der Waals surface area contributed by atoms with Gasteiger partial charge in [-0.25, -0.2) is 5.48 Å². The van der Waals surface area contributed by atoms with Crippen LogP contribution in [0.3, 0.4) is 0 Å². The first kappa shape index (κ1) is 8.82. The molecule has 0 aliphatic carbocycles. The molecule has 5 heteroatoms. The van der Waals surface area contributed by atoms with Gasteiger partial charge in [-0.3, -0.25) is 14.7 Å². The molecule has 0 aliphatic rings. The SMILES string of the molecule is CC(CONC=O)NP. The van der Waals surface area contributed by atoms with E-state index in [1.807, 2.05) is 6.92 Å². The number of hydrogen-bond acceptors (Lipinski definition) is 3. The van der Waals surface area contributed by atoms with Crippen LogP contribution in [-0.2, 0) is 9.63 Å². The number of hydroxylamine groups is 1. The topological polar surface area (TPSA) is 50.4 Å². The maximum atomic E-state index is 9.61. The first-order valence-corrected chi connectivity index (χ1v) is 3.16. The third-order valence-electron chi connectivity index (χ3n) is 0.749. The number of nitrogens with one attached hydrogen (secondary N) is 2. The van der Waals surface area contributed by atoms with Gasteiger partial charge in [0, 0.05) is 6.04 Å². The molecule has 0 bridgehead atoms. The van der Waals surface area contributed by atoms with Crippen LogP contribution in [-0.4, -0.2) is 19.1 Å². The standard InChI is InChI=1S/C4H11N2O2P/c1-4(6-9)2-8-5-3-7/h3-4,6H,2,9H2,1H3,(H,5,7). The number of carbonyl (C=O) groups excluding carboxylic acids is 1. The van der Waals surface area contributed by atoms with Crippen molar-refractivity contribution in [2.75, 3.05) is 6.61 Å². The smallest absolute Gasteiger partial charge is 0.230 e. The maximum absolute atomic E-state index is 9.61. The van der Waals surface area contributed by atoms with Gasteiger partial charge >= 0.3 is 0 Å². The molecule has 0 aromatic carbocycles. The number of carbonyl (C=O) groups is 1. The highest BCUT2D eigenvalue weighted by Gasteiger charge is 1.94. The van der Waals surface area contributed by atoms with Crippen LogP contribution in [0.25, 0.3) is 0 Å². The Morgan fingerprint density at radius 2 is 2.56 bits per heavy atom. The van der Waals surface area contributed by atoms with Gasteiger partial charge in [-0.2, -0.15) is 0 Å². The molecule has 54 valence electrons. The monoisotopic (exact) mass is 150 g/mol. The van der Waals surface area contributed by atoms with Gasteiger partial charge in [0.15, 0.2) is 0 Å². The number of hydrogen-bond donors (Lipinski definition) is 2. The molecule has 1 amide bonds. The van der Waals surface area contributed by atoms with E-state index >= 15 is 0 Å². The van der Waals surface area contributed by atoms with Crippen molar-refractivity contribution < 1.29 is 9.63 Å². The van der Waals surface area contributed by atoms with E-state index in [0.717, 1.165) is 0 Å². The van der Waals surface area contributed by atoms with E-state index in [9.17, 15) is 4.79 Å². The Kier molecular flexibility index (Phi) is 5.83. The summed E-state index contributed by atoms with van der Waals surface area (Å²) in [7, 11) is 2.36. The molecule has 4 nitrogen and oxygen atoms in total. The van der Waals surface area contributed by atoms with Crippen molar-refractivity contribution in [3.63, 3.8) is 0 Å². The Morgan fingerprint density at radius 1 is 1.89 bits per heavy atom. The molecule has 0 saturated carbocycles. The van der Waals surface area contributed by atoms with Crippen molar-refractivity contribution in [1.29, 1.82) is 0 Å². The number of rotatable bonds is 5. The summed E-state index contributed by atoms with van der Waals surface area (Å²) in [6.07, 6.45) is 0.496. The molecule has 0 aromatic heterocycles. The largest absolute Gasteiger partial charge is 0.296 e. The highest BCUT2D eigenvalue weighted by Crippen LogP contribution is 1.83. The Labute approximate surface area is 56.5 Å². The molecule has 0 aromatic rings. The van der Waals surface area contributed by atoms with Gasteiger partial charge in [-0.05, 0) is 6.92 Å². The molecule has 0 rings (SSSR count). The average Bonchev–Trinajstić information content (AvgIpc) is 1.89. The predicted octanol–water partition coefficient (Wildman–Crippen LogP) is -0.568. The molecular formula is C4H11N2O2P. The van der Waals surface area contributed by atoms with Crippen LogP contribution in [0.15, 0.2) is 0 Å². The van der Waals surface area contributed by atoms with Crippen LogP contribution < -0.4 is 10.6 Å². The second kappa shape index (κ2) is 5.95. The van der Waals surface area contributed by atoms with Crippen molar-refractivity contribution in [1.82, 2.24) is 10.6 Å². The van der Waals surface area contributed by atoms with E-state index in [-0.39, 0.29) is 6.04 Å². The van der Waals surface area contributed by atoms with Gasteiger partial charge in [0.2, 0.25) is 6.41 Å². The Bertz CT molecular complexity index is 81.0. The summed E-state index contributed by atoms with van der Waals surface area (Å²) < 4.78 is 0. The second-order valence-electron chi connectivity index (χ2n) is 1.61. The molecule has 2 N–H and O–H groups in total. The average molecular weight is 150 g/mol. The zero-order valence-electron chi connectivity index (χ0n) is 5.26. The lowest BCUT2D eigenvalue weighted by Crippen LogP contribution is -2.26. The van der Waals surface area contributed by atoms with Crippen LogP contribution in [0.5, 0.6) is 0 Å². The van der Waals surface area contributed by atoms with Gasteiger partial charge in [0.1, 0.15) is 0 Å². The molecular weight excluding hydrogens is 139 g/mol. The van der Waals surface area contributed by atoms with E-state index in [1.54, 1.807) is 0 Å². The van der Waals surface area contributed by atoms with Crippen molar-refractivity contribution in [3.05, 3.63) is 0 Å². The summed E-state index contributed by atoms with van der Waals surface area (Å²) in [4.78, 5) is 14.3. The van der Waals surface area contributed by atoms with Crippen molar-refractivity contribution in [2.24, 2.45) is 0 Å². The van der Waals surface area contributed by atoms with Gasteiger partial charge in [0.25, 0.3) is 0 Å². The molecule has 9 heavy (non-hydrogen) atoms. The summed E-state index contributed by atoms with van der Waals surface area (Å²) in [6.45, 7) is 2.39. The Balaban J connectivity index is 2.96. The van der Waals surface area contributed by atoms with E-state index in [4.69, 9.17) is 0 Å². The zero-order chi connectivity index (χ0) is 7.11. The van der Waals surface area contributed by atoms with Crippen molar-refractivity contribution >= 4 is 15.8 Å². The summed E-state index contributed by atoms with van der Waals surface area (Å²) >= 11 is 0. The lowest BCUT2D eigenvalue weighted by Gasteiger charge is -2.07. The predicted molar refractivity (Wildman–Crippen MR) is 37.5 cm³/mol. The quantitative estimate of drug-likeness (QED) is 0.239. The molecule has 0 spiro atoms. The highest BCUT2D eigenvalue weighted by molar-refractivity contribution is 7.13. The van der Waals surface area contributed by atoms with Gasteiger partial charge in [-0.15, -0.1) is 0 Å². The second-order valence-corrected chi connectivity index (χ2v) is 1.95. The summed E-state index contributed by atoms with van der Waals surface area (Å²) in [5.41, 5.74) is 2.08. The maximum Gasteiger partial charge on any atom is 0.230 e. The molecule has 0 saturated heterocycles. The lowest BCUT2D eigenvalue weighted by molar-refractivity contribution is -0.120. The molecule has 0 fully saturated rings. The Morgan fingerprint density at radius 3 is 3.00 bits per heavy atom. The minimum atomic E-state index is 0.224. The van der Waals surface area contributed by atoms with Crippen LogP contribution in [0, 0.1) is 0 Å². The molecule has 2 atom stereocenters. The molecule has 0 heterocycles. The third-order valence-corrected chi connectivity index (χ3v) is 1.32. The van der Waals surface area contributed by atoms with Gasteiger partial charge in [-0.1, -0.05) is 9.39 Å². The zero-order valence-corrected chi connectivity index (χ0v) is 6.41. The first-order chi connectivity index (χ1) is 4.31.